The molecule has 2 aromatic carbocycles. The number of hydrogen-bond acceptors (Lipinski definition) is 2. The third-order valence-corrected chi connectivity index (χ3v) is 4.45. The predicted octanol–water partition coefficient (Wildman–Crippen LogP) is 6.07. The maximum atomic E-state index is 5.93. The van der Waals surface area contributed by atoms with Crippen LogP contribution in [0.1, 0.15) is 37.0 Å². The summed E-state index contributed by atoms with van der Waals surface area (Å²) in [6.45, 7) is 10.1. The lowest BCUT2D eigenvalue weighted by Gasteiger charge is -2.25. The number of benzene rings is 2. The lowest BCUT2D eigenvalue weighted by molar-refractivity contribution is 0.146. The highest BCUT2D eigenvalue weighted by atomic mass is 35.5. The topological polar surface area (TPSA) is 12.5 Å². The Labute approximate surface area is 157 Å². The summed E-state index contributed by atoms with van der Waals surface area (Å²) < 4.78 is 5.45. The van der Waals surface area contributed by atoms with Crippen LogP contribution in [0.2, 0.25) is 5.02 Å². The van der Waals surface area contributed by atoms with E-state index in [2.05, 4.69) is 49.1 Å². The van der Waals surface area contributed by atoms with Gasteiger partial charge in [0, 0.05) is 37.0 Å². The average Bonchev–Trinajstić information content (AvgIpc) is 2.62. The van der Waals surface area contributed by atoms with E-state index < -0.39 is 0 Å². The monoisotopic (exact) mass is 357 g/mol. The highest BCUT2D eigenvalue weighted by Gasteiger charge is 2.07. The van der Waals surface area contributed by atoms with Crippen LogP contribution < -0.4 is 4.90 Å². The van der Waals surface area contributed by atoms with Gasteiger partial charge < -0.3 is 9.64 Å². The lowest BCUT2D eigenvalue weighted by Crippen LogP contribution is -2.25. The van der Waals surface area contributed by atoms with E-state index in [-0.39, 0.29) is 0 Å². The molecule has 2 rings (SSSR count). The van der Waals surface area contributed by atoms with Crippen LogP contribution in [0, 0.1) is 6.92 Å². The molecule has 134 valence electrons. The van der Waals surface area contributed by atoms with Gasteiger partial charge in [0.05, 0.1) is 0 Å². The Morgan fingerprint density at radius 3 is 2.32 bits per heavy atom. The van der Waals surface area contributed by atoms with Crippen molar-refractivity contribution in [1.82, 2.24) is 0 Å². The van der Waals surface area contributed by atoms with Gasteiger partial charge in [-0.25, -0.2) is 0 Å². The molecule has 0 saturated heterocycles. The van der Waals surface area contributed by atoms with Gasteiger partial charge in [0.15, 0.2) is 0 Å². The molecule has 0 aromatic heterocycles. The highest BCUT2D eigenvalue weighted by Crippen LogP contribution is 2.23. The normalized spacial score (nSPS) is 11.2. The minimum absolute atomic E-state index is 0.765. The quantitative estimate of drug-likeness (QED) is 0.398. The largest absolute Gasteiger partial charge is 0.382 e. The molecule has 0 spiro atoms. The van der Waals surface area contributed by atoms with Crippen LogP contribution >= 0.6 is 11.6 Å². The van der Waals surface area contributed by atoms with E-state index in [1.165, 1.54) is 16.8 Å². The molecule has 0 saturated carbocycles. The molecule has 0 N–H and O–H groups in total. The summed E-state index contributed by atoms with van der Waals surface area (Å²) in [5.41, 5.74) is 4.97. The summed E-state index contributed by atoms with van der Waals surface area (Å²) in [5, 5.41) is 0.765. The van der Waals surface area contributed by atoms with E-state index in [0.717, 1.165) is 43.3 Å². The van der Waals surface area contributed by atoms with Crippen molar-refractivity contribution in [3.63, 3.8) is 0 Å². The van der Waals surface area contributed by atoms with Crippen molar-refractivity contribution in [2.45, 2.75) is 27.2 Å². The van der Waals surface area contributed by atoms with Crippen LogP contribution in [0.25, 0.3) is 12.2 Å². The molecular weight excluding hydrogens is 330 g/mol. The second-order valence-electron chi connectivity index (χ2n) is 6.06. The Kier molecular flexibility index (Phi) is 8.03. The van der Waals surface area contributed by atoms with Gasteiger partial charge in [-0.2, -0.15) is 0 Å². The maximum Gasteiger partial charge on any atom is 0.0482 e. The molecule has 0 atom stereocenters. The number of aryl methyl sites for hydroxylation is 1. The molecular formula is C22H28ClNO. The Hall–Kier alpha value is -1.77. The molecule has 0 unspecified atom stereocenters. The molecule has 2 nitrogen and oxygen atoms in total. The summed E-state index contributed by atoms with van der Waals surface area (Å²) in [4.78, 5) is 2.42. The molecule has 2 aromatic rings. The molecule has 25 heavy (non-hydrogen) atoms. The van der Waals surface area contributed by atoms with Gasteiger partial charge in [0.1, 0.15) is 0 Å². The number of nitrogens with zero attached hydrogens (tertiary/aromatic N) is 1. The van der Waals surface area contributed by atoms with Crippen LogP contribution in [-0.2, 0) is 4.74 Å². The molecule has 0 heterocycles. The van der Waals surface area contributed by atoms with Gasteiger partial charge in [-0.1, -0.05) is 42.0 Å². The average molecular weight is 358 g/mol. The van der Waals surface area contributed by atoms with E-state index in [1.807, 2.05) is 31.2 Å². The zero-order chi connectivity index (χ0) is 18.1. The van der Waals surface area contributed by atoms with Crippen molar-refractivity contribution >= 4 is 29.4 Å². The lowest BCUT2D eigenvalue weighted by atomic mass is 10.1. The Morgan fingerprint density at radius 2 is 1.68 bits per heavy atom. The first kappa shape index (κ1) is 19.6. The Balaban J connectivity index is 2.04. The van der Waals surface area contributed by atoms with Gasteiger partial charge in [0.25, 0.3) is 0 Å². The van der Waals surface area contributed by atoms with E-state index in [4.69, 9.17) is 16.3 Å². The van der Waals surface area contributed by atoms with Crippen molar-refractivity contribution in [3.8, 4) is 0 Å². The highest BCUT2D eigenvalue weighted by molar-refractivity contribution is 6.30. The standard InChI is InChI=1S/C22H28ClNO/c1-4-24(15-6-16-25-5-2)22-14-11-20(17-18(22)3)8-7-19-9-12-21(23)13-10-19/h7-14,17H,4-6,15-16H2,1-3H3. The molecule has 3 heteroatoms. The molecule has 0 aliphatic heterocycles. The van der Waals surface area contributed by atoms with Gasteiger partial charge in [-0.3, -0.25) is 0 Å². The van der Waals surface area contributed by atoms with Crippen LogP contribution in [0.4, 0.5) is 5.69 Å². The summed E-state index contributed by atoms with van der Waals surface area (Å²) in [6.07, 6.45) is 5.31. The zero-order valence-electron chi connectivity index (χ0n) is 15.5. The van der Waals surface area contributed by atoms with E-state index in [1.54, 1.807) is 0 Å². The summed E-state index contributed by atoms with van der Waals surface area (Å²) >= 11 is 5.93. The minimum atomic E-state index is 0.765. The van der Waals surface area contributed by atoms with Crippen LogP contribution in [0.15, 0.2) is 42.5 Å². The number of anilines is 1. The van der Waals surface area contributed by atoms with Crippen LogP contribution in [0.5, 0.6) is 0 Å². The van der Waals surface area contributed by atoms with Gasteiger partial charge >= 0.3 is 0 Å². The number of ether oxygens (including phenoxy) is 1. The van der Waals surface area contributed by atoms with Crippen molar-refractivity contribution in [1.29, 1.82) is 0 Å². The second kappa shape index (κ2) is 10.3. The predicted molar refractivity (Wildman–Crippen MR) is 111 cm³/mol. The number of hydrogen-bond donors (Lipinski definition) is 0. The molecule has 0 bridgehead atoms. The number of rotatable bonds is 9. The van der Waals surface area contributed by atoms with E-state index in [0.29, 0.717) is 0 Å². The minimum Gasteiger partial charge on any atom is -0.382 e. The fourth-order valence-corrected chi connectivity index (χ4v) is 2.98. The van der Waals surface area contributed by atoms with Crippen molar-refractivity contribution in [3.05, 3.63) is 64.2 Å². The first-order valence-electron chi connectivity index (χ1n) is 9.01. The van der Waals surface area contributed by atoms with Crippen molar-refractivity contribution in [2.24, 2.45) is 0 Å². The molecule has 0 amide bonds. The molecule has 0 fully saturated rings. The van der Waals surface area contributed by atoms with Gasteiger partial charge in [0.2, 0.25) is 0 Å². The smallest absolute Gasteiger partial charge is 0.0482 e. The SMILES string of the molecule is CCOCCCN(CC)c1ccc(C=Cc2ccc(Cl)cc2)cc1C. The Bertz CT molecular complexity index is 679. The fraction of sp³-hybridized carbons (Fsp3) is 0.364. The first-order valence-corrected chi connectivity index (χ1v) is 9.38. The third-order valence-electron chi connectivity index (χ3n) is 4.20. The van der Waals surface area contributed by atoms with E-state index in [9.17, 15) is 0 Å². The number of halogens is 1. The summed E-state index contributed by atoms with van der Waals surface area (Å²) in [7, 11) is 0. The summed E-state index contributed by atoms with van der Waals surface area (Å²) in [6, 6.07) is 14.5. The van der Waals surface area contributed by atoms with Crippen LogP contribution in [-0.4, -0.2) is 26.3 Å². The van der Waals surface area contributed by atoms with Crippen LogP contribution in [0.3, 0.4) is 0 Å². The fourth-order valence-electron chi connectivity index (χ4n) is 2.85. The van der Waals surface area contributed by atoms with Crippen molar-refractivity contribution < 1.29 is 4.74 Å². The van der Waals surface area contributed by atoms with Gasteiger partial charge in [-0.05, 0) is 68.1 Å². The summed E-state index contributed by atoms with van der Waals surface area (Å²) in [5.74, 6) is 0. The third kappa shape index (κ3) is 6.22. The molecule has 0 radical (unpaired) electrons. The zero-order valence-corrected chi connectivity index (χ0v) is 16.2. The molecule has 0 aliphatic carbocycles. The van der Waals surface area contributed by atoms with Crippen molar-refractivity contribution in [2.75, 3.05) is 31.2 Å². The van der Waals surface area contributed by atoms with Gasteiger partial charge in [-0.15, -0.1) is 0 Å². The van der Waals surface area contributed by atoms with E-state index >= 15 is 0 Å². The second-order valence-corrected chi connectivity index (χ2v) is 6.50. The Morgan fingerprint density at radius 1 is 1.00 bits per heavy atom. The maximum absolute atomic E-state index is 5.93. The molecule has 0 aliphatic rings. The first-order chi connectivity index (χ1) is 12.1.